The average molecular weight is 251 g/mol. The van der Waals surface area contributed by atoms with Gasteiger partial charge in [0.05, 0.1) is 5.84 Å². The number of nitrogens with zero attached hydrogens (tertiary/aromatic N) is 1. The first-order valence-electron chi connectivity index (χ1n) is 7.51. The zero-order chi connectivity index (χ0) is 13.2. The first-order chi connectivity index (χ1) is 8.44. The molecule has 1 aliphatic heterocycles. The van der Waals surface area contributed by atoms with Crippen molar-refractivity contribution in [3.05, 3.63) is 0 Å². The van der Waals surface area contributed by atoms with Gasteiger partial charge in [0.2, 0.25) is 0 Å². The van der Waals surface area contributed by atoms with E-state index in [1.54, 1.807) is 0 Å². The number of rotatable bonds is 4. The highest BCUT2D eigenvalue weighted by Gasteiger charge is 2.37. The van der Waals surface area contributed by atoms with E-state index in [4.69, 9.17) is 11.1 Å². The van der Waals surface area contributed by atoms with E-state index >= 15 is 0 Å². The second-order valence-electron chi connectivity index (χ2n) is 7.10. The van der Waals surface area contributed by atoms with Crippen molar-refractivity contribution in [1.29, 1.82) is 5.41 Å². The Labute approximate surface area is 112 Å². The van der Waals surface area contributed by atoms with Crippen LogP contribution in [0, 0.1) is 16.2 Å². The molecule has 0 amide bonds. The molecule has 0 radical (unpaired) electrons. The lowest BCUT2D eigenvalue weighted by molar-refractivity contribution is 0.102. The van der Waals surface area contributed by atoms with Crippen LogP contribution in [0.2, 0.25) is 0 Å². The van der Waals surface area contributed by atoms with E-state index in [0.717, 1.165) is 13.0 Å². The van der Waals surface area contributed by atoms with Crippen molar-refractivity contribution in [3.63, 3.8) is 0 Å². The minimum atomic E-state index is -0.136. The quantitative estimate of drug-likeness (QED) is 0.596. The van der Waals surface area contributed by atoms with Gasteiger partial charge < -0.3 is 10.6 Å². The highest BCUT2D eigenvalue weighted by Crippen LogP contribution is 2.46. The van der Waals surface area contributed by atoms with Crippen LogP contribution in [0.25, 0.3) is 0 Å². The molecule has 1 heterocycles. The summed E-state index contributed by atoms with van der Waals surface area (Å²) in [6.45, 7) is 7.78. The summed E-state index contributed by atoms with van der Waals surface area (Å²) >= 11 is 0. The summed E-state index contributed by atoms with van der Waals surface area (Å²) in [6.07, 6.45) is 9.66. The number of hydrogen-bond donors (Lipinski definition) is 2. The van der Waals surface area contributed by atoms with E-state index in [1.807, 2.05) is 0 Å². The van der Waals surface area contributed by atoms with Gasteiger partial charge in [0.15, 0.2) is 0 Å². The largest absolute Gasteiger partial charge is 0.387 e. The molecule has 3 N–H and O–H groups in total. The minimum absolute atomic E-state index is 0.136. The Morgan fingerprint density at radius 1 is 1.17 bits per heavy atom. The third-order valence-electron chi connectivity index (χ3n) is 5.36. The zero-order valence-electron chi connectivity index (χ0n) is 12.1. The van der Waals surface area contributed by atoms with Gasteiger partial charge in [-0.15, -0.1) is 0 Å². The van der Waals surface area contributed by atoms with Crippen LogP contribution in [0.1, 0.15) is 58.8 Å². The standard InChI is InChI=1S/C15H29N3/c1-14(2,13(16)17)7-10-18-11-8-15(9-12-18)5-3-4-6-15/h3-12H2,1-2H3,(H3,16,17). The summed E-state index contributed by atoms with van der Waals surface area (Å²) in [4.78, 5) is 2.58. The first kappa shape index (κ1) is 13.9. The van der Waals surface area contributed by atoms with Crippen LogP contribution >= 0.6 is 0 Å². The number of nitrogens with one attached hydrogen (secondary N) is 1. The second kappa shape index (κ2) is 5.20. The molecule has 3 nitrogen and oxygen atoms in total. The van der Waals surface area contributed by atoms with E-state index in [0.29, 0.717) is 11.3 Å². The molecule has 104 valence electrons. The highest BCUT2D eigenvalue weighted by atomic mass is 15.1. The molecule has 0 bridgehead atoms. The molecule has 0 aromatic heterocycles. The van der Waals surface area contributed by atoms with Crippen LogP contribution in [0.4, 0.5) is 0 Å². The molecule has 2 aliphatic rings. The molecule has 3 heteroatoms. The molecular formula is C15H29N3. The molecule has 0 unspecified atom stereocenters. The minimum Gasteiger partial charge on any atom is -0.387 e. The van der Waals surface area contributed by atoms with Gasteiger partial charge in [-0.25, -0.2) is 0 Å². The Balaban J connectivity index is 1.75. The summed E-state index contributed by atoms with van der Waals surface area (Å²) in [5.74, 6) is 0.326. The van der Waals surface area contributed by atoms with E-state index in [9.17, 15) is 0 Å². The van der Waals surface area contributed by atoms with Crippen LogP contribution in [0.3, 0.4) is 0 Å². The van der Waals surface area contributed by atoms with Crippen LogP contribution < -0.4 is 5.73 Å². The Morgan fingerprint density at radius 3 is 2.22 bits per heavy atom. The van der Waals surface area contributed by atoms with Crippen molar-refractivity contribution < 1.29 is 0 Å². The Morgan fingerprint density at radius 2 is 1.72 bits per heavy atom. The normalized spacial score (nSPS) is 24.6. The fourth-order valence-electron chi connectivity index (χ4n) is 3.45. The number of likely N-dealkylation sites (tertiary alicyclic amines) is 1. The van der Waals surface area contributed by atoms with Gasteiger partial charge in [0, 0.05) is 5.41 Å². The van der Waals surface area contributed by atoms with Crippen molar-refractivity contribution in [2.75, 3.05) is 19.6 Å². The molecule has 2 fully saturated rings. The monoisotopic (exact) mass is 251 g/mol. The Hall–Kier alpha value is -0.570. The van der Waals surface area contributed by atoms with Gasteiger partial charge >= 0.3 is 0 Å². The SMILES string of the molecule is CC(C)(CCN1CCC2(CCCC2)CC1)C(=N)N. The van der Waals surface area contributed by atoms with Crippen LogP contribution in [-0.4, -0.2) is 30.4 Å². The van der Waals surface area contributed by atoms with Crippen molar-refractivity contribution in [2.24, 2.45) is 16.6 Å². The van der Waals surface area contributed by atoms with Crippen LogP contribution in [-0.2, 0) is 0 Å². The van der Waals surface area contributed by atoms with E-state index in [-0.39, 0.29) is 5.41 Å². The van der Waals surface area contributed by atoms with Crippen LogP contribution in [0.5, 0.6) is 0 Å². The number of piperidine rings is 1. The highest BCUT2D eigenvalue weighted by molar-refractivity contribution is 5.82. The van der Waals surface area contributed by atoms with Gasteiger partial charge in [-0.05, 0) is 57.2 Å². The summed E-state index contributed by atoms with van der Waals surface area (Å²) in [7, 11) is 0. The predicted octanol–water partition coefficient (Wildman–Crippen LogP) is 2.99. The maximum Gasteiger partial charge on any atom is 0.0963 e. The first-order valence-corrected chi connectivity index (χ1v) is 7.51. The molecule has 2 rings (SSSR count). The zero-order valence-corrected chi connectivity index (χ0v) is 12.1. The van der Waals surface area contributed by atoms with Crippen molar-refractivity contribution >= 4 is 5.84 Å². The van der Waals surface area contributed by atoms with E-state index in [1.165, 1.54) is 51.6 Å². The fraction of sp³-hybridized carbons (Fsp3) is 0.933. The molecule has 0 atom stereocenters. The van der Waals surface area contributed by atoms with Gasteiger partial charge in [-0.3, -0.25) is 5.41 Å². The maximum absolute atomic E-state index is 7.60. The predicted molar refractivity (Wildman–Crippen MR) is 76.9 cm³/mol. The molecule has 1 saturated heterocycles. The Kier molecular flexibility index (Phi) is 4.00. The summed E-state index contributed by atoms with van der Waals surface area (Å²) in [5.41, 5.74) is 6.22. The van der Waals surface area contributed by atoms with Gasteiger partial charge in [0.25, 0.3) is 0 Å². The van der Waals surface area contributed by atoms with Crippen molar-refractivity contribution in [3.8, 4) is 0 Å². The molecule has 1 aliphatic carbocycles. The fourth-order valence-corrected chi connectivity index (χ4v) is 3.45. The third-order valence-corrected chi connectivity index (χ3v) is 5.36. The van der Waals surface area contributed by atoms with Gasteiger partial charge in [0.1, 0.15) is 0 Å². The lowest BCUT2D eigenvalue weighted by Crippen LogP contribution is -2.41. The molecule has 0 aromatic rings. The summed E-state index contributed by atoms with van der Waals surface area (Å²) < 4.78 is 0. The molecule has 18 heavy (non-hydrogen) atoms. The van der Waals surface area contributed by atoms with Crippen molar-refractivity contribution in [2.45, 2.75) is 58.8 Å². The molecule has 1 saturated carbocycles. The smallest absolute Gasteiger partial charge is 0.0963 e. The topological polar surface area (TPSA) is 53.1 Å². The summed E-state index contributed by atoms with van der Waals surface area (Å²) in [6, 6.07) is 0. The van der Waals surface area contributed by atoms with Crippen LogP contribution in [0.15, 0.2) is 0 Å². The molecule has 0 aromatic carbocycles. The van der Waals surface area contributed by atoms with Crippen molar-refractivity contribution in [1.82, 2.24) is 4.90 Å². The lowest BCUT2D eigenvalue weighted by Gasteiger charge is -2.40. The van der Waals surface area contributed by atoms with E-state index < -0.39 is 0 Å². The lowest BCUT2D eigenvalue weighted by atomic mass is 9.77. The Bertz CT molecular complexity index is 293. The van der Waals surface area contributed by atoms with Gasteiger partial charge in [-0.1, -0.05) is 26.7 Å². The molecular weight excluding hydrogens is 222 g/mol. The number of nitrogens with two attached hydrogens (primary N) is 1. The second-order valence-corrected chi connectivity index (χ2v) is 7.10. The van der Waals surface area contributed by atoms with E-state index in [2.05, 4.69) is 18.7 Å². The third kappa shape index (κ3) is 3.05. The average Bonchev–Trinajstić information content (AvgIpc) is 2.77. The maximum atomic E-state index is 7.60. The summed E-state index contributed by atoms with van der Waals surface area (Å²) in [5, 5.41) is 7.60. The number of hydrogen-bond acceptors (Lipinski definition) is 2. The number of amidine groups is 1. The molecule has 1 spiro atoms. The van der Waals surface area contributed by atoms with Gasteiger partial charge in [-0.2, -0.15) is 0 Å².